The van der Waals surface area contributed by atoms with Gasteiger partial charge in [0.15, 0.2) is 0 Å². The summed E-state index contributed by atoms with van der Waals surface area (Å²) in [6, 6.07) is 14.8. The largest absolute Gasteiger partial charge is 0.361 e. The van der Waals surface area contributed by atoms with E-state index in [-0.39, 0.29) is 11.5 Å². The summed E-state index contributed by atoms with van der Waals surface area (Å²) in [5, 5.41) is 9.76. The highest BCUT2D eigenvalue weighted by Crippen LogP contribution is 2.13. The highest BCUT2D eigenvalue weighted by Gasteiger charge is 2.04. The third-order valence-electron chi connectivity index (χ3n) is 3.89. The van der Waals surface area contributed by atoms with E-state index >= 15 is 0 Å². The lowest BCUT2D eigenvalue weighted by atomic mass is 10.2. The molecule has 26 heavy (non-hydrogen) atoms. The summed E-state index contributed by atoms with van der Waals surface area (Å²) in [5.41, 5.74) is 3.20. The molecule has 0 aliphatic heterocycles. The Bertz CT molecular complexity index is 1090. The van der Waals surface area contributed by atoms with Crippen LogP contribution in [0.25, 0.3) is 18.5 Å². The molecular weight excluding hydrogens is 328 g/mol. The second kappa shape index (κ2) is 7.14. The minimum absolute atomic E-state index is 0.122. The Morgan fingerprint density at radius 3 is 2.31 bits per heavy atom. The van der Waals surface area contributed by atoms with Crippen molar-refractivity contribution in [1.82, 2.24) is 9.78 Å². The van der Waals surface area contributed by atoms with Crippen molar-refractivity contribution in [2.75, 3.05) is 10.6 Å². The number of hydrogen-bond donors (Lipinski definition) is 3. The maximum atomic E-state index is 12.6. The number of benzene rings is 2. The van der Waals surface area contributed by atoms with Crippen molar-refractivity contribution in [2.45, 2.75) is 13.8 Å². The summed E-state index contributed by atoms with van der Waals surface area (Å²) in [7, 11) is 0. The molecule has 0 atom stereocenters. The van der Waals surface area contributed by atoms with Crippen LogP contribution in [0.15, 0.2) is 53.3 Å². The number of amides is 1. The smallest absolute Gasteiger partial charge is 0.280 e. The van der Waals surface area contributed by atoms with Crippen molar-refractivity contribution < 1.29 is 4.79 Å². The van der Waals surface area contributed by atoms with Crippen LogP contribution in [0.1, 0.15) is 12.5 Å². The molecule has 3 rings (SSSR count). The minimum atomic E-state index is -0.179. The van der Waals surface area contributed by atoms with Crippen molar-refractivity contribution >= 4 is 30.1 Å². The first kappa shape index (κ1) is 17.3. The quantitative estimate of drug-likeness (QED) is 0.671. The van der Waals surface area contributed by atoms with Gasteiger partial charge in [-0.2, -0.15) is 0 Å². The van der Waals surface area contributed by atoms with Gasteiger partial charge in [-0.05, 0) is 43.3 Å². The van der Waals surface area contributed by atoms with Crippen LogP contribution in [0.3, 0.4) is 0 Å². The van der Waals surface area contributed by atoms with Crippen LogP contribution in [0, 0.1) is 6.92 Å². The zero-order valence-corrected chi connectivity index (χ0v) is 14.7. The fraction of sp³-hybridized carbons (Fsp3) is 0.100. The number of aryl methyl sites for hydroxylation is 1. The van der Waals surface area contributed by atoms with Crippen LogP contribution in [-0.4, -0.2) is 15.7 Å². The van der Waals surface area contributed by atoms with E-state index in [9.17, 15) is 9.59 Å². The number of aromatic amines is 1. The van der Waals surface area contributed by atoms with E-state index in [4.69, 9.17) is 0 Å². The number of nitrogens with one attached hydrogen (secondary N) is 3. The molecule has 6 nitrogen and oxygen atoms in total. The average Bonchev–Trinajstić information content (AvgIpc) is 2.89. The SMILES string of the molecule is C=c1[nH]n(-c2ccc(C)cc2)c(=O)c1=CNc1ccc(NC(C)=O)cc1. The van der Waals surface area contributed by atoms with Crippen LogP contribution in [0.2, 0.25) is 0 Å². The summed E-state index contributed by atoms with van der Waals surface area (Å²) in [4.78, 5) is 23.7. The number of nitrogens with zero attached hydrogens (tertiary/aromatic N) is 1. The van der Waals surface area contributed by atoms with Gasteiger partial charge in [0.25, 0.3) is 5.56 Å². The second-order valence-corrected chi connectivity index (χ2v) is 6.03. The lowest BCUT2D eigenvalue weighted by Gasteiger charge is -2.04. The monoisotopic (exact) mass is 348 g/mol. The Kier molecular flexibility index (Phi) is 4.75. The van der Waals surface area contributed by atoms with E-state index in [0.29, 0.717) is 16.3 Å². The van der Waals surface area contributed by atoms with E-state index in [1.807, 2.05) is 43.3 Å². The Balaban J connectivity index is 1.88. The first-order valence-electron chi connectivity index (χ1n) is 8.15. The normalized spacial score (nSPS) is 11.4. The van der Waals surface area contributed by atoms with Gasteiger partial charge in [0, 0.05) is 24.5 Å². The molecular formula is C20H20N4O2. The van der Waals surface area contributed by atoms with Gasteiger partial charge in [0.1, 0.15) is 0 Å². The molecule has 0 saturated carbocycles. The zero-order valence-electron chi connectivity index (χ0n) is 14.7. The van der Waals surface area contributed by atoms with Crippen LogP contribution in [0.4, 0.5) is 11.4 Å². The van der Waals surface area contributed by atoms with Crippen molar-refractivity contribution in [3.05, 3.63) is 75.0 Å². The molecule has 0 unspecified atom stereocenters. The van der Waals surface area contributed by atoms with Gasteiger partial charge < -0.3 is 10.6 Å². The summed E-state index contributed by atoms with van der Waals surface area (Å²) in [6.07, 6.45) is 1.62. The molecule has 2 aromatic carbocycles. The van der Waals surface area contributed by atoms with Crippen LogP contribution in [-0.2, 0) is 4.79 Å². The van der Waals surface area contributed by atoms with Crippen molar-refractivity contribution in [3.63, 3.8) is 0 Å². The summed E-state index contributed by atoms with van der Waals surface area (Å²) >= 11 is 0. The summed E-state index contributed by atoms with van der Waals surface area (Å²) in [5.74, 6) is -0.122. The highest BCUT2D eigenvalue weighted by atomic mass is 16.1. The predicted octanol–water partition coefficient (Wildman–Crippen LogP) is 1.69. The number of hydrogen-bond acceptors (Lipinski definition) is 3. The molecule has 3 aromatic rings. The second-order valence-electron chi connectivity index (χ2n) is 6.03. The van der Waals surface area contributed by atoms with Crippen molar-refractivity contribution in [2.24, 2.45) is 0 Å². The fourth-order valence-corrected chi connectivity index (χ4v) is 2.53. The van der Waals surface area contributed by atoms with Gasteiger partial charge in [-0.25, -0.2) is 4.68 Å². The third kappa shape index (κ3) is 3.75. The first-order chi connectivity index (χ1) is 12.4. The average molecular weight is 348 g/mol. The van der Waals surface area contributed by atoms with Crippen LogP contribution < -0.4 is 26.8 Å². The number of H-pyrrole nitrogens is 1. The molecule has 0 saturated heterocycles. The molecule has 3 N–H and O–H groups in total. The van der Waals surface area contributed by atoms with E-state index in [1.165, 1.54) is 11.6 Å². The summed E-state index contributed by atoms with van der Waals surface area (Å²) < 4.78 is 1.47. The molecule has 0 bridgehead atoms. The molecule has 0 spiro atoms. The number of aromatic nitrogens is 2. The number of rotatable bonds is 4. The number of carbonyl (C=O) groups excluding carboxylic acids is 1. The van der Waals surface area contributed by atoms with Gasteiger partial charge in [0.2, 0.25) is 5.91 Å². The molecule has 0 aliphatic rings. The van der Waals surface area contributed by atoms with Crippen molar-refractivity contribution in [1.29, 1.82) is 0 Å². The first-order valence-corrected chi connectivity index (χ1v) is 8.15. The van der Waals surface area contributed by atoms with Gasteiger partial charge in [-0.1, -0.05) is 24.3 Å². The van der Waals surface area contributed by atoms with E-state index < -0.39 is 0 Å². The number of carbonyl (C=O) groups is 1. The molecule has 6 heteroatoms. The predicted molar refractivity (Wildman–Crippen MR) is 105 cm³/mol. The maximum absolute atomic E-state index is 12.6. The molecule has 0 fully saturated rings. The van der Waals surface area contributed by atoms with Crippen molar-refractivity contribution in [3.8, 4) is 5.69 Å². The van der Waals surface area contributed by atoms with Gasteiger partial charge in [-0.3, -0.25) is 14.7 Å². The third-order valence-corrected chi connectivity index (χ3v) is 3.89. The van der Waals surface area contributed by atoms with Gasteiger partial charge >= 0.3 is 0 Å². The molecule has 1 amide bonds. The van der Waals surface area contributed by atoms with E-state index in [0.717, 1.165) is 16.9 Å². The van der Waals surface area contributed by atoms with Gasteiger partial charge in [-0.15, -0.1) is 0 Å². The Labute approximate surface area is 150 Å². The highest BCUT2D eigenvalue weighted by molar-refractivity contribution is 5.88. The van der Waals surface area contributed by atoms with Gasteiger partial charge in [0.05, 0.1) is 16.3 Å². The topological polar surface area (TPSA) is 78.9 Å². The number of anilines is 2. The standard InChI is InChI=1S/C20H20N4O2/c1-13-4-10-18(11-5-13)24-20(26)19(14(2)23-24)12-21-16-6-8-17(9-7-16)22-15(3)25/h4-12,21,23H,2H2,1,3H3,(H,22,25). The van der Waals surface area contributed by atoms with E-state index in [1.54, 1.807) is 18.3 Å². The lowest BCUT2D eigenvalue weighted by Crippen LogP contribution is -2.34. The summed E-state index contributed by atoms with van der Waals surface area (Å²) in [6.45, 7) is 7.36. The molecule has 1 heterocycles. The fourth-order valence-electron chi connectivity index (χ4n) is 2.53. The lowest BCUT2D eigenvalue weighted by molar-refractivity contribution is -0.114. The molecule has 132 valence electrons. The molecule has 1 aromatic heterocycles. The van der Waals surface area contributed by atoms with Crippen LogP contribution in [0.5, 0.6) is 0 Å². The zero-order chi connectivity index (χ0) is 18.7. The molecule has 0 radical (unpaired) electrons. The maximum Gasteiger partial charge on any atom is 0.280 e. The Morgan fingerprint density at radius 1 is 1.08 bits per heavy atom. The molecule has 0 aliphatic carbocycles. The van der Waals surface area contributed by atoms with E-state index in [2.05, 4.69) is 22.3 Å². The Morgan fingerprint density at radius 2 is 1.69 bits per heavy atom. The van der Waals surface area contributed by atoms with Crippen LogP contribution >= 0.6 is 0 Å². The minimum Gasteiger partial charge on any atom is -0.361 e. The Hall–Kier alpha value is -3.54.